The number of hydrogen-bond acceptors (Lipinski definition) is 2. The predicted octanol–water partition coefficient (Wildman–Crippen LogP) is 3.37. The monoisotopic (exact) mass is 208 g/mol. The largest absolute Gasteiger partial charge is 0.250 e. The van der Waals surface area contributed by atoms with Crippen molar-refractivity contribution in [2.75, 3.05) is 0 Å². The molecule has 0 aromatic rings. The van der Waals surface area contributed by atoms with Crippen molar-refractivity contribution < 1.29 is 10.1 Å². The van der Waals surface area contributed by atoms with Gasteiger partial charge in [-0.3, -0.25) is 5.26 Å². The van der Waals surface area contributed by atoms with Crippen molar-refractivity contribution in [2.45, 2.75) is 63.4 Å². The summed E-state index contributed by atoms with van der Waals surface area (Å²) in [5.74, 6) is 7.06. The molecule has 0 aromatic carbocycles. The summed E-state index contributed by atoms with van der Waals surface area (Å²) in [7, 11) is 0. The fourth-order valence-corrected chi connectivity index (χ4v) is 2.67. The van der Waals surface area contributed by atoms with E-state index in [1.807, 2.05) is 0 Å². The molecule has 2 aliphatic rings. The fourth-order valence-electron chi connectivity index (χ4n) is 2.67. The van der Waals surface area contributed by atoms with Gasteiger partial charge in [-0.2, -0.15) is 0 Å². The lowest BCUT2D eigenvalue weighted by Gasteiger charge is -2.19. The molecule has 0 aromatic heterocycles. The van der Waals surface area contributed by atoms with Gasteiger partial charge in [-0.25, -0.2) is 4.89 Å². The summed E-state index contributed by atoms with van der Waals surface area (Å²) < 4.78 is 0. The number of hydrogen-bond donors (Lipinski definition) is 1. The minimum atomic E-state index is -0.516. The van der Waals surface area contributed by atoms with Gasteiger partial charge in [-0.05, 0) is 38.5 Å². The summed E-state index contributed by atoms with van der Waals surface area (Å²) in [6, 6.07) is 0. The highest BCUT2D eigenvalue weighted by Crippen LogP contribution is 2.32. The molecule has 0 unspecified atom stereocenters. The zero-order valence-electron chi connectivity index (χ0n) is 9.30. The first-order valence-corrected chi connectivity index (χ1v) is 6.20. The van der Waals surface area contributed by atoms with Gasteiger partial charge in [0.1, 0.15) is 0 Å². The molecule has 2 heteroatoms. The average Bonchev–Trinajstić information content (AvgIpc) is 2.77. The molecule has 0 bridgehead atoms. The summed E-state index contributed by atoms with van der Waals surface area (Å²) in [6.45, 7) is 0. The molecule has 0 atom stereocenters. The van der Waals surface area contributed by atoms with Gasteiger partial charge in [0.05, 0.1) is 0 Å². The van der Waals surface area contributed by atoms with Gasteiger partial charge in [0.25, 0.3) is 0 Å². The van der Waals surface area contributed by atoms with E-state index in [1.54, 1.807) is 0 Å². The Hall–Kier alpha value is -0.520. The molecule has 2 fully saturated rings. The average molecular weight is 208 g/mol. The molecule has 15 heavy (non-hydrogen) atoms. The van der Waals surface area contributed by atoms with Crippen LogP contribution in [0.3, 0.4) is 0 Å². The van der Waals surface area contributed by atoms with Crippen molar-refractivity contribution >= 4 is 0 Å². The molecule has 0 radical (unpaired) electrons. The Balaban J connectivity index is 1.95. The van der Waals surface area contributed by atoms with Gasteiger partial charge < -0.3 is 0 Å². The highest BCUT2D eigenvalue weighted by Gasteiger charge is 2.33. The van der Waals surface area contributed by atoms with Crippen LogP contribution in [-0.4, -0.2) is 10.9 Å². The predicted molar refractivity (Wildman–Crippen MR) is 59.3 cm³/mol. The van der Waals surface area contributed by atoms with E-state index in [1.165, 1.54) is 32.1 Å². The van der Waals surface area contributed by atoms with Crippen molar-refractivity contribution in [3.05, 3.63) is 0 Å². The summed E-state index contributed by atoms with van der Waals surface area (Å²) in [4.78, 5) is 4.62. The van der Waals surface area contributed by atoms with Gasteiger partial charge in [0.2, 0.25) is 0 Å². The Kier molecular flexibility index (Phi) is 3.66. The normalized spacial score (nSPS) is 25.9. The van der Waals surface area contributed by atoms with Crippen molar-refractivity contribution in [3.8, 4) is 11.8 Å². The topological polar surface area (TPSA) is 29.5 Å². The van der Waals surface area contributed by atoms with Crippen LogP contribution in [0.1, 0.15) is 57.8 Å². The zero-order chi connectivity index (χ0) is 10.6. The summed E-state index contributed by atoms with van der Waals surface area (Å²) >= 11 is 0. The third-order valence-corrected chi connectivity index (χ3v) is 3.70. The smallest absolute Gasteiger partial charge is 0.163 e. The molecule has 0 spiro atoms. The third kappa shape index (κ3) is 2.74. The maximum Gasteiger partial charge on any atom is 0.163 e. The summed E-state index contributed by atoms with van der Waals surface area (Å²) in [5.41, 5.74) is -0.516. The third-order valence-electron chi connectivity index (χ3n) is 3.70. The van der Waals surface area contributed by atoms with Crippen LogP contribution in [0, 0.1) is 17.8 Å². The molecule has 1 N–H and O–H groups in total. The van der Waals surface area contributed by atoms with Gasteiger partial charge in [-0.1, -0.05) is 31.1 Å². The van der Waals surface area contributed by atoms with E-state index in [-0.39, 0.29) is 0 Å². The van der Waals surface area contributed by atoms with E-state index >= 15 is 0 Å². The SMILES string of the molecule is OOC1(C#CC2CCCCC2)CCCC1. The first-order chi connectivity index (χ1) is 7.35. The lowest BCUT2D eigenvalue weighted by Crippen LogP contribution is -2.25. The standard InChI is InChI=1S/C13H20O2/c14-15-13(9-4-5-10-13)11-8-12-6-2-1-3-7-12/h12,14H,1-7,9-10H2. The maximum absolute atomic E-state index is 8.94. The first kappa shape index (κ1) is 11.0. The van der Waals surface area contributed by atoms with Gasteiger partial charge >= 0.3 is 0 Å². The van der Waals surface area contributed by atoms with Crippen LogP contribution in [0.15, 0.2) is 0 Å². The van der Waals surface area contributed by atoms with Crippen LogP contribution in [-0.2, 0) is 4.89 Å². The Morgan fingerprint density at radius 2 is 1.67 bits per heavy atom. The van der Waals surface area contributed by atoms with Gasteiger partial charge in [0.15, 0.2) is 5.60 Å². The molecule has 2 rings (SSSR count). The van der Waals surface area contributed by atoms with Crippen LogP contribution in [0.5, 0.6) is 0 Å². The van der Waals surface area contributed by atoms with Crippen molar-refractivity contribution in [1.82, 2.24) is 0 Å². The second kappa shape index (κ2) is 5.01. The molecule has 2 nitrogen and oxygen atoms in total. The molecule has 84 valence electrons. The van der Waals surface area contributed by atoms with Crippen LogP contribution >= 0.6 is 0 Å². The Morgan fingerprint density at radius 1 is 1.00 bits per heavy atom. The minimum absolute atomic E-state index is 0.516. The van der Waals surface area contributed by atoms with E-state index in [2.05, 4.69) is 16.7 Å². The van der Waals surface area contributed by atoms with Crippen molar-refractivity contribution in [1.29, 1.82) is 0 Å². The Bertz CT molecular complexity index is 249. The van der Waals surface area contributed by atoms with Crippen LogP contribution < -0.4 is 0 Å². The van der Waals surface area contributed by atoms with E-state index in [9.17, 15) is 0 Å². The molecule has 2 saturated carbocycles. The molecule has 0 amide bonds. The second-order valence-electron chi connectivity index (χ2n) is 4.90. The molecular weight excluding hydrogens is 188 g/mol. The zero-order valence-corrected chi connectivity index (χ0v) is 9.30. The number of rotatable bonds is 1. The van der Waals surface area contributed by atoms with E-state index in [0.717, 1.165) is 25.7 Å². The van der Waals surface area contributed by atoms with E-state index in [0.29, 0.717) is 5.92 Å². The van der Waals surface area contributed by atoms with E-state index < -0.39 is 5.60 Å². The highest BCUT2D eigenvalue weighted by molar-refractivity contribution is 5.18. The Labute approximate surface area is 91.9 Å². The van der Waals surface area contributed by atoms with Crippen molar-refractivity contribution in [3.63, 3.8) is 0 Å². The van der Waals surface area contributed by atoms with Gasteiger partial charge in [0, 0.05) is 5.92 Å². The lowest BCUT2D eigenvalue weighted by atomic mass is 9.89. The molecule has 0 heterocycles. The second-order valence-corrected chi connectivity index (χ2v) is 4.90. The van der Waals surface area contributed by atoms with Crippen molar-refractivity contribution in [2.24, 2.45) is 5.92 Å². The van der Waals surface area contributed by atoms with E-state index in [4.69, 9.17) is 5.26 Å². The summed E-state index contributed by atoms with van der Waals surface area (Å²) in [6.07, 6.45) is 10.5. The first-order valence-electron chi connectivity index (χ1n) is 6.20. The highest BCUT2D eigenvalue weighted by atomic mass is 17.1. The summed E-state index contributed by atoms with van der Waals surface area (Å²) in [5, 5.41) is 8.94. The molecule has 2 aliphatic carbocycles. The molecule has 0 aliphatic heterocycles. The quantitative estimate of drug-likeness (QED) is 0.406. The maximum atomic E-state index is 8.94. The molecular formula is C13H20O2. The van der Waals surface area contributed by atoms with Gasteiger partial charge in [-0.15, -0.1) is 0 Å². The van der Waals surface area contributed by atoms with Crippen LogP contribution in [0.25, 0.3) is 0 Å². The molecule has 0 saturated heterocycles. The fraction of sp³-hybridized carbons (Fsp3) is 0.846. The lowest BCUT2D eigenvalue weighted by molar-refractivity contribution is -0.302. The van der Waals surface area contributed by atoms with Crippen LogP contribution in [0.4, 0.5) is 0 Å². The Morgan fingerprint density at radius 3 is 2.27 bits per heavy atom. The minimum Gasteiger partial charge on any atom is -0.250 e. The van der Waals surface area contributed by atoms with Crippen LogP contribution in [0.2, 0.25) is 0 Å².